The molecule has 0 aromatic heterocycles. The van der Waals surface area contributed by atoms with Crippen LogP contribution in [0, 0.1) is 5.92 Å². The first-order chi connectivity index (χ1) is 11.4. The van der Waals surface area contributed by atoms with E-state index < -0.39 is 0 Å². The van der Waals surface area contributed by atoms with Crippen LogP contribution in [0.2, 0.25) is 0 Å². The number of nitrogens with one attached hydrogen (secondary N) is 1. The highest BCUT2D eigenvalue weighted by molar-refractivity contribution is 5.80. The van der Waals surface area contributed by atoms with Crippen molar-refractivity contribution in [3.05, 3.63) is 35.4 Å². The molecule has 0 heterocycles. The van der Waals surface area contributed by atoms with E-state index in [0.717, 1.165) is 12.0 Å². The average molecular weight is 330 g/mol. The average Bonchev–Trinajstić information content (AvgIpc) is 2.53. The fourth-order valence-corrected chi connectivity index (χ4v) is 3.04. The van der Waals surface area contributed by atoms with Crippen molar-refractivity contribution in [1.82, 2.24) is 5.32 Å². The second kappa shape index (κ2) is 8.32. The molecule has 0 aliphatic heterocycles. The van der Waals surface area contributed by atoms with E-state index >= 15 is 0 Å². The number of carbonyl (C=O) groups excluding carboxylic acids is 1. The summed E-state index contributed by atoms with van der Waals surface area (Å²) in [5.74, 6) is 0.460. The van der Waals surface area contributed by atoms with Crippen molar-refractivity contribution in [3.63, 3.8) is 0 Å². The van der Waals surface area contributed by atoms with Crippen LogP contribution in [0.25, 0.3) is 0 Å². The number of amides is 1. The lowest BCUT2D eigenvalue weighted by Crippen LogP contribution is -2.42. The Labute approximate surface area is 145 Å². The van der Waals surface area contributed by atoms with Crippen LogP contribution in [0.4, 0.5) is 0 Å². The van der Waals surface area contributed by atoms with Crippen LogP contribution in [0.15, 0.2) is 29.4 Å². The molecule has 4 nitrogen and oxygen atoms in total. The molecule has 1 amide bonds. The Kier molecular flexibility index (Phi) is 6.41. The van der Waals surface area contributed by atoms with E-state index in [9.17, 15) is 4.79 Å². The quantitative estimate of drug-likeness (QED) is 0.654. The number of oxime groups is 1. The van der Waals surface area contributed by atoms with Gasteiger partial charge in [0.05, 0.1) is 6.21 Å². The zero-order chi connectivity index (χ0) is 17.6. The second-order valence-corrected chi connectivity index (χ2v) is 7.82. The fraction of sp³-hybridized carbons (Fsp3) is 0.600. The normalized spacial score (nSPS) is 21.7. The zero-order valence-electron chi connectivity index (χ0n) is 15.3. The lowest BCUT2D eigenvalue weighted by Gasteiger charge is -2.29. The van der Waals surface area contributed by atoms with Gasteiger partial charge in [-0.05, 0) is 35.3 Å². The van der Waals surface area contributed by atoms with Crippen LogP contribution in [-0.4, -0.2) is 24.8 Å². The number of nitrogens with zero attached hydrogens (tertiary/aromatic N) is 1. The highest BCUT2D eigenvalue weighted by Crippen LogP contribution is 2.23. The van der Waals surface area contributed by atoms with Crippen molar-refractivity contribution in [3.8, 4) is 0 Å². The summed E-state index contributed by atoms with van der Waals surface area (Å²) in [7, 11) is 0. The van der Waals surface area contributed by atoms with Gasteiger partial charge in [0.2, 0.25) is 0 Å². The Morgan fingerprint density at radius 1 is 1.25 bits per heavy atom. The number of hydrogen-bond donors (Lipinski definition) is 1. The van der Waals surface area contributed by atoms with Crippen molar-refractivity contribution < 1.29 is 9.63 Å². The number of rotatable bonds is 5. The number of carbonyl (C=O) groups is 1. The summed E-state index contributed by atoms with van der Waals surface area (Å²) < 4.78 is 0. The standard InChI is InChI=1S/C20H30N2O2/c1-15-7-5-6-8-18(15)22-19(23)14-24-21-13-16-9-11-17(12-10-16)20(2,3)4/h9-13,15,18H,5-8,14H2,1-4H3,(H,22,23)/b21-13-/t15-,18-/m0/s1. The van der Waals surface area contributed by atoms with Crippen molar-refractivity contribution in [2.24, 2.45) is 11.1 Å². The molecule has 0 bridgehead atoms. The van der Waals surface area contributed by atoms with Crippen molar-refractivity contribution >= 4 is 12.1 Å². The summed E-state index contributed by atoms with van der Waals surface area (Å²) in [6, 6.07) is 8.50. The summed E-state index contributed by atoms with van der Waals surface area (Å²) in [6.07, 6.45) is 6.36. The van der Waals surface area contributed by atoms with Gasteiger partial charge in [0.15, 0.2) is 6.61 Å². The Morgan fingerprint density at radius 3 is 2.54 bits per heavy atom. The molecular formula is C20H30N2O2. The van der Waals surface area contributed by atoms with Crippen LogP contribution >= 0.6 is 0 Å². The van der Waals surface area contributed by atoms with E-state index in [-0.39, 0.29) is 24.0 Å². The summed E-state index contributed by atoms with van der Waals surface area (Å²) in [6.45, 7) is 8.73. The monoisotopic (exact) mass is 330 g/mol. The van der Waals surface area contributed by atoms with Crippen LogP contribution in [0.3, 0.4) is 0 Å². The molecule has 4 heteroatoms. The van der Waals surface area contributed by atoms with Gasteiger partial charge < -0.3 is 10.2 Å². The second-order valence-electron chi connectivity index (χ2n) is 7.82. The fourth-order valence-electron chi connectivity index (χ4n) is 3.04. The summed E-state index contributed by atoms with van der Waals surface area (Å²) >= 11 is 0. The molecule has 0 radical (unpaired) electrons. The third-order valence-corrected chi connectivity index (χ3v) is 4.71. The van der Waals surface area contributed by atoms with Gasteiger partial charge in [-0.15, -0.1) is 0 Å². The molecule has 2 atom stereocenters. The van der Waals surface area contributed by atoms with Gasteiger partial charge in [-0.25, -0.2) is 0 Å². The zero-order valence-corrected chi connectivity index (χ0v) is 15.3. The first-order valence-corrected chi connectivity index (χ1v) is 8.91. The Bertz CT molecular complexity index is 558. The SMILES string of the molecule is C[C@H]1CCCC[C@@H]1NC(=O)CO/N=C\c1ccc(C(C)(C)C)cc1. The maximum absolute atomic E-state index is 11.9. The molecule has 1 aromatic rings. The first kappa shape index (κ1) is 18.5. The van der Waals surface area contributed by atoms with Crippen LogP contribution in [-0.2, 0) is 15.0 Å². The molecule has 132 valence electrons. The Balaban J connectivity index is 1.74. The van der Waals surface area contributed by atoms with E-state index in [1.54, 1.807) is 6.21 Å². The molecule has 2 rings (SSSR count). The van der Waals surface area contributed by atoms with E-state index in [4.69, 9.17) is 4.84 Å². The largest absolute Gasteiger partial charge is 0.386 e. The van der Waals surface area contributed by atoms with E-state index in [1.165, 1.54) is 24.8 Å². The summed E-state index contributed by atoms with van der Waals surface area (Å²) in [4.78, 5) is 17.0. The summed E-state index contributed by atoms with van der Waals surface area (Å²) in [5.41, 5.74) is 2.38. The molecule has 0 spiro atoms. The van der Waals surface area contributed by atoms with Gasteiger partial charge in [-0.2, -0.15) is 0 Å². The maximum atomic E-state index is 11.9. The topological polar surface area (TPSA) is 50.7 Å². The van der Waals surface area contributed by atoms with E-state index in [1.807, 2.05) is 12.1 Å². The smallest absolute Gasteiger partial charge is 0.261 e. The Hall–Kier alpha value is -1.84. The molecule has 1 N–H and O–H groups in total. The number of hydrogen-bond acceptors (Lipinski definition) is 3. The van der Waals surface area contributed by atoms with Gasteiger partial charge in [0, 0.05) is 6.04 Å². The van der Waals surface area contributed by atoms with E-state index in [0.29, 0.717) is 5.92 Å². The minimum absolute atomic E-state index is 0.0280. The number of benzene rings is 1. The van der Waals surface area contributed by atoms with Gasteiger partial charge in [-0.3, -0.25) is 4.79 Å². The maximum Gasteiger partial charge on any atom is 0.261 e. The van der Waals surface area contributed by atoms with Crippen LogP contribution in [0.1, 0.15) is 64.5 Å². The molecule has 1 aromatic carbocycles. The molecule has 1 aliphatic rings. The van der Waals surface area contributed by atoms with E-state index in [2.05, 4.69) is 50.3 Å². The minimum Gasteiger partial charge on any atom is -0.386 e. The highest BCUT2D eigenvalue weighted by Gasteiger charge is 2.22. The van der Waals surface area contributed by atoms with Gasteiger partial charge in [-0.1, -0.05) is 70.0 Å². The first-order valence-electron chi connectivity index (χ1n) is 8.91. The molecule has 0 saturated heterocycles. The predicted octanol–water partition coefficient (Wildman–Crippen LogP) is 4.03. The molecule has 24 heavy (non-hydrogen) atoms. The van der Waals surface area contributed by atoms with Crippen molar-refractivity contribution in [2.75, 3.05) is 6.61 Å². The van der Waals surface area contributed by atoms with Gasteiger partial charge >= 0.3 is 0 Å². The summed E-state index contributed by atoms with van der Waals surface area (Å²) in [5, 5.41) is 6.95. The predicted molar refractivity (Wildman–Crippen MR) is 98.3 cm³/mol. The lowest BCUT2D eigenvalue weighted by molar-refractivity contribution is -0.126. The third kappa shape index (κ3) is 5.66. The van der Waals surface area contributed by atoms with Crippen molar-refractivity contribution in [2.45, 2.75) is 64.8 Å². The molecular weight excluding hydrogens is 300 g/mol. The minimum atomic E-state index is -0.0889. The van der Waals surface area contributed by atoms with Crippen LogP contribution < -0.4 is 5.32 Å². The highest BCUT2D eigenvalue weighted by atomic mass is 16.6. The molecule has 1 saturated carbocycles. The van der Waals surface area contributed by atoms with Gasteiger partial charge in [0.1, 0.15) is 0 Å². The Morgan fingerprint density at radius 2 is 1.92 bits per heavy atom. The molecule has 1 fully saturated rings. The molecule has 1 aliphatic carbocycles. The van der Waals surface area contributed by atoms with Gasteiger partial charge in [0.25, 0.3) is 5.91 Å². The third-order valence-electron chi connectivity index (χ3n) is 4.71. The lowest BCUT2D eigenvalue weighted by atomic mass is 9.86. The van der Waals surface area contributed by atoms with Crippen molar-refractivity contribution in [1.29, 1.82) is 0 Å². The van der Waals surface area contributed by atoms with Crippen LogP contribution in [0.5, 0.6) is 0 Å². The molecule has 0 unspecified atom stereocenters.